The smallest absolute Gasteiger partial charge is 0.229 e. The Morgan fingerprint density at radius 2 is 1.65 bits per heavy atom. The first-order valence-electron chi connectivity index (χ1n) is 9.48. The average Bonchev–Trinajstić information content (AvgIpc) is 2.72. The minimum atomic E-state index is -1.59. The summed E-state index contributed by atoms with van der Waals surface area (Å²) in [7, 11) is 0. The van der Waals surface area contributed by atoms with Gasteiger partial charge >= 0.3 is 0 Å². The molecule has 0 amide bonds. The molecule has 0 spiro atoms. The number of benzene rings is 1. The molecule has 1 aliphatic carbocycles. The van der Waals surface area contributed by atoms with Crippen LogP contribution in [0.3, 0.4) is 0 Å². The van der Waals surface area contributed by atoms with Crippen molar-refractivity contribution in [2.75, 3.05) is 0 Å². The average molecular weight is 434 g/mol. The van der Waals surface area contributed by atoms with Crippen molar-refractivity contribution < 1.29 is 50.0 Å². The monoisotopic (exact) mass is 434 g/mol. The number of phenolic OH excluding ortho intramolecular Hbond substituents is 2. The van der Waals surface area contributed by atoms with Gasteiger partial charge in [0.15, 0.2) is 23.0 Å². The highest BCUT2D eigenvalue weighted by molar-refractivity contribution is 5.70. The largest absolute Gasteiger partial charge is 0.508 e. The van der Waals surface area contributed by atoms with Gasteiger partial charge in [-0.3, -0.25) is 0 Å². The number of rotatable bonds is 3. The molecule has 0 saturated carbocycles. The zero-order chi connectivity index (χ0) is 22.4. The molecule has 166 valence electrons. The first kappa shape index (κ1) is 21.1. The highest BCUT2D eigenvalue weighted by atomic mass is 16.7. The second-order valence-electron chi connectivity index (χ2n) is 7.46. The standard InChI is InChI=1S/C21H22O10/c1-8-17(26)18(27)19(28)21(29-8)31-16-7-11-13(24)5-10(22)6-15(11)30-20(16)9-2-3-12(23)14(25)4-9/h2-8,15,17-19,21-28H,1H3. The van der Waals surface area contributed by atoms with Gasteiger partial charge in [0.2, 0.25) is 6.29 Å². The molecule has 2 heterocycles. The molecule has 1 saturated heterocycles. The third-order valence-corrected chi connectivity index (χ3v) is 5.25. The zero-order valence-electron chi connectivity index (χ0n) is 16.3. The predicted octanol–water partition coefficient (Wildman–Crippen LogP) is 0.833. The molecule has 4 rings (SSSR count). The molecule has 31 heavy (non-hydrogen) atoms. The molecular weight excluding hydrogens is 412 g/mol. The van der Waals surface area contributed by atoms with E-state index in [0.29, 0.717) is 0 Å². The normalized spacial score (nSPS) is 33.0. The fraction of sp³-hybridized carbons (Fsp3) is 0.333. The van der Waals surface area contributed by atoms with Crippen molar-refractivity contribution in [3.63, 3.8) is 0 Å². The highest BCUT2D eigenvalue weighted by Crippen LogP contribution is 2.39. The fourth-order valence-electron chi connectivity index (χ4n) is 3.51. The summed E-state index contributed by atoms with van der Waals surface area (Å²) in [5, 5.41) is 69.7. The third kappa shape index (κ3) is 3.81. The third-order valence-electron chi connectivity index (χ3n) is 5.25. The topological polar surface area (TPSA) is 169 Å². The Bertz CT molecular complexity index is 1010. The van der Waals surface area contributed by atoms with Crippen LogP contribution >= 0.6 is 0 Å². The van der Waals surface area contributed by atoms with Crippen molar-refractivity contribution in [1.29, 1.82) is 0 Å². The van der Waals surface area contributed by atoms with Gasteiger partial charge in [0.25, 0.3) is 0 Å². The predicted molar refractivity (Wildman–Crippen MR) is 105 cm³/mol. The Hall–Kier alpha value is -3.18. The molecule has 10 nitrogen and oxygen atoms in total. The zero-order valence-corrected chi connectivity index (χ0v) is 16.3. The number of ether oxygens (including phenoxy) is 3. The molecule has 1 aromatic carbocycles. The Labute approximate surface area is 176 Å². The van der Waals surface area contributed by atoms with Crippen LogP contribution < -0.4 is 0 Å². The van der Waals surface area contributed by atoms with Crippen LogP contribution in [0.4, 0.5) is 0 Å². The van der Waals surface area contributed by atoms with Gasteiger partial charge in [0.05, 0.1) is 6.10 Å². The molecule has 0 radical (unpaired) electrons. The van der Waals surface area contributed by atoms with Crippen molar-refractivity contribution in [3.05, 3.63) is 64.8 Å². The molecular formula is C21H22O10. The van der Waals surface area contributed by atoms with Gasteiger partial charge in [0, 0.05) is 23.3 Å². The molecule has 2 aliphatic heterocycles. The maximum atomic E-state index is 10.3. The van der Waals surface area contributed by atoms with Gasteiger partial charge < -0.3 is 50.0 Å². The van der Waals surface area contributed by atoms with Crippen LogP contribution in [-0.4, -0.2) is 72.6 Å². The van der Waals surface area contributed by atoms with E-state index < -0.39 is 42.6 Å². The summed E-state index contributed by atoms with van der Waals surface area (Å²) in [6.07, 6.45) is -3.69. The lowest BCUT2D eigenvalue weighted by Crippen LogP contribution is -2.57. The SMILES string of the molecule is CC1OC(OC2=C(c3ccc(O)c(O)c3)OC3C=C(O)C=C(O)C3=C2)C(O)C(O)C1O. The van der Waals surface area contributed by atoms with E-state index in [9.17, 15) is 35.7 Å². The maximum Gasteiger partial charge on any atom is 0.229 e. The number of fused-ring (bicyclic) bond motifs is 1. The van der Waals surface area contributed by atoms with Crippen molar-refractivity contribution in [2.24, 2.45) is 0 Å². The molecule has 10 heteroatoms. The Kier molecular flexibility index (Phi) is 5.31. The Morgan fingerprint density at radius 3 is 2.35 bits per heavy atom. The Balaban J connectivity index is 1.76. The van der Waals surface area contributed by atoms with E-state index in [0.717, 1.165) is 6.08 Å². The van der Waals surface area contributed by atoms with E-state index in [1.54, 1.807) is 0 Å². The number of hydrogen-bond acceptors (Lipinski definition) is 10. The van der Waals surface area contributed by atoms with Gasteiger partial charge in [-0.25, -0.2) is 0 Å². The van der Waals surface area contributed by atoms with Crippen molar-refractivity contribution >= 4 is 5.76 Å². The molecule has 0 aromatic heterocycles. The lowest BCUT2D eigenvalue weighted by molar-refractivity contribution is -0.282. The molecule has 1 fully saturated rings. The van der Waals surface area contributed by atoms with Crippen molar-refractivity contribution in [2.45, 2.75) is 43.7 Å². The van der Waals surface area contributed by atoms with Crippen LogP contribution in [0.15, 0.2) is 59.3 Å². The molecule has 7 N–H and O–H groups in total. The van der Waals surface area contributed by atoms with E-state index in [1.807, 2.05) is 0 Å². The highest BCUT2D eigenvalue weighted by Gasteiger charge is 2.44. The summed E-state index contributed by atoms with van der Waals surface area (Å²) >= 11 is 0. The quantitative estimate of drug-likeness (QED) is 0.338. The van der Waals surface area contributed by atoms with E-state index in [1.165, 1.54) is 37.3 Å². The molecule has 3 aliphatic rings. The van der Waals surface area contributed by atoms with E-state index in [2.05, 4.69) is 0 Å². The summed E-state index contributed by atoms with van der Waals surface area (Å²) in [5.41, 5.74) is 0.528. The van der Waals surface area contributed by atoms with Gasteiger partial charge in [0.1, 0.15) is 35.9 Å². The van der Waals surface area contributed by atoms with Crippen molar-refractivity contribution in [1.82, 2.24) is 0 Å². The van der Waals surface area contributed by atoms with Gasteiger partial charge in [-0.2, -0.15) is 0 Å². The number of aromatic hydroxyl groups is 2. The van der Waals surface area contributed by atoms with E-state index >= 15 is 0 Å². The first-order chi connectivity index (χ1) is 14.7. The van der Waals surface area contributed by atoms with E-state index in [4.69, 9.17) is 14.2 Å². The second kappa shape index (κ2) is 7.82. The number of phenols is 2. The van der Waals surface area contributed by atoms with Crippen LogP contribution in [0.1, 0.15) is 12.5 Å². The van der Waals surface area contributed by atoms with Gasteiger partial charge in [-0.05, 0) is 31.2 Å². The molecule has 1 aromatic rings. The lowest BCUT2D eigenvalue weighted by Gasteiger charge is -2.39. The number of aliphatic hydroxyl groups excluding tert-OH is 5. The van der Waals surface area contributed by atoms with Crippen LogP contribution in [0, 0.1) is 0 Å². The van der Waals surface area contributed by atoms with Crippen LogP contribution in [0.5, 0.6) is 11.5 Å². The molecule has 0 bridgehead atoms. The van der Waals surface area contributed by atoms with E-state index in [-0.39, 0.29) is 39.9 Å². The van der Waals surface area contributed by atoms with Crippen LogP contribution in [-0.2, 0) is 14.2 Å². The number of aliphatic hydroxyl groups is 5. The summed E-state index contributed by atoms with van der Waals surface area (Å²) in [6.45, 7) is 1.50. The number of allylic oxidation sites excluding steroid dienone is 2. The molecule has 6 atom stereocenters. The lowest BCUT2D eigenvalue weighted by atomic mass is 9.97. The summed E-state index contributed by atoms with van der Waals surface area (Å²) in [4.78, 5) is 0. The van der Waals surface area contributed by atoms with Crippen LogP contribution in [0.25, 0.3) is 5.76 Å². The van der Waals surface area contributed by atoms with Crippen LogP contribution in [0.2, 0.25) is 0 Å². The number of hydrogen-bond donors (Lipinski definition) is 7. The minimum absolute atomic E-state index is 0.0223. The minimum Gasteiger partial charge on any atom is -0.508 e. The Morgan fingerprint density at radius 1 is 0.903 bits per heavy atom. The maximum absolute atomic E-state index is 10.3. The molecule has 6 unspecified atom stereocenters. The second-order valence-corrected chi connectivity index (χ2v) is 7.46. The van der Waals surface area contributed by atoms with Crippen molar-refractivity contribution in [3.8, 4) is 11.5 Å². The summed E-state index contributed by atoms with van der Waals surface area (Å²) in [5.74, 6) is -1.24. The fourth-order valence-corrected chi connectivity index (χ4v) is 3.51. The van der Waals surface area contributed by atoms with Gasteiger partial charge in [-0.1, -0.05) is 0 Å². The summed E-state index contributed by atoms with van der Waals surface area (Å²) in [6, 6.07) is 3.89. The van der Waals surface area contributed by atoms with Gasteiger partial charge in [-0.15, -0.1) is 0 Å². The first-order valence-corrected chi connectivity index (χ1v) is 9.48. The summed E-state index contributed by atoms with van der Waals surface area (Å²) < 4.78 is 17.1.